The second-order valence-corrected chi connectivity index (χ2v) is 6.85. The standard InChI is InChI=1S/C15H26O2/c1-14(2,3)17-13(16)11-12-7-6-9-15(4,5)10-8-12/h11H,6-10H2,1-5H3/b12-11-. The Morgan fingerprint density at radius 3 is 2.47 bits per heavy atom. The highest BCUT2D eigenvalue weighted by atomic mass is 16.6. The number of carbonyl (C=O) groups excluding carboxylic acids is 1. The molecule has 0 aliphatic heterocycles. The van der Waals surface area contributed by atoms with Gasteiger partial charge in [-0.25, -0.2) is 4.79 Å². The van der Waals surface area contributed by atoms with Gasteiger partial charge in [0.1, 0.15) is 5.60 Å². The molecule has 1 aliphatic carbocycles. The fraction of sp³-hybridized carbons (Fsp3) is 0.800. The first-order chi connectivity index (χ1) is 7.68. The molecular weight excluding hydrogens is 212 g/mol. The van der Waals surface area contributed by atoms with Crippen molar-refractivity contribution in [3.63, 3.8) is 0 Å². The van der Waals surface area contributed by atoms with E-state index in [0.717, 1.165) is 12.8 Å². The van der Waals surface area contributed by atoms with E-state index in [1.165, 1.54) is 24.8 Å². The molecular formula is C15H26O2. The van der Waals surface area contributed by atoms with Crippen molar-refractivity contribution in [3.8, 4) is 0 Å². The summed E-state index contributed by atoms with van der Waals surface area (Å²) in [7, 11) is 0. The molecule has 0 amide bonds. The second-order valence-electron chi connectivity index (χ2n) is 6.85. The largest absolute Gasteiger partial charge is 0.457 e. The van der Waals surface area contributed by atoms with E-state index in [1.54, 1.807) is 6.08 Å². The molecule has 1 rings (SSSR count). The van der Waals surface area contributed by atoms with Gasteiger partial charge in [0.2, 0.25) is 0 Å². The van der Waals surface area contributed by atoms with Crippen LogP contribution in [0.2, 0.25) is 0 Å². The summed E-state index contributed by atoms with van der Waals surface area (Å²) in [4.78, 5) is 11.7. The summed E-state index contributed by atoms with van der Waals surface area (Å²) in [5, 5.41) is 0. The lowest BCUT2D eigenvalue weighted by molar-refractivity contribution is -0.148. The Bertz CT molecular complexity index is 305. The molecule has 0 heterocycles. The fourth-order valence-electron chi connectivity index (χ4n) is 2.19. The van der Waals surface area contributed by atoms with Crippen LogP contribution in [0.1, 0.15) is 66.7 Å². The maximum absolute atomic E-state index is 11.7. The molecule has 2 heteroatoms. The molecule has 0 aromatic rings. The van der Waals surface area contributed by atoms with Crippen molar-refractivity contribution in [1.29, 1.82) is 0 Å². The summed E-state index contributed by atoms with van der Waals surface area (Å²) in [5.41, 5.74) is 1.28. The monoisotopic (exact) mass is 238 g/mol. The zero-order valence-electron chi connectivity index (χ0n) is 11.9. The zero-order valence-corrected chi connectivity index (χ0v) is 11.9. The lowest BCUT2D eigenvalue weighted by Crippen LogP contribution is -2.22. The maximum atomic E-state index is 11.7. The lowest BCUT2D eigenvalue weighted by atomic mass is 9.85. The molecule has 0 atom stereocenters. The first-order valence-electron chi connectivity index (χ1n) is 6.60. The SMILES string of the molecule is CC1(C)CCC/C(=C/C(=O)OC(C)(C)C)CC1. The van der Waals surface area contributed by atoms with Gasteiger partial charge in [-0.05, 0) is 58.3 Å². The predicted octanol–water partition coefficient (Wildman–Crippen LogP) is 4.24. The van der Waals surface area contributed by atoms with E-state index < -0.39 is 5.60 Å². The minimum absolute atomic E-state index is 0.188. The molecule has 0 N–H and O–H groups in total. The summed E-state index contributed by atoms with van der Waals surface area (Å²) < 4.78 is 5.32. The molecule has 0 bridgehead atoms. The van der Waals surface area contributed by atoms with Crippen molar-refractivity contribution in [2.75, 3.05) is 0 Å². The molecule has 0 radical (unpaired) electrons. The molecule has 0 unspecified atom stereocenters. The average molecular weight is 238 g/mol. The van der Waals surface area contributed by atoms with Crippen LogP contribution < -0.4 is 0 Å². The van der Waals surface area contributed by atoms with Crippen LogP contribution in [0, 0.1) is 5.41 Å². The van der Waals surface area contributed by atoms with Crippen LogP contribution in [0.4, 0.5) is 0 Å². The molecule has 17 heavy (non-hydrogen) atoms. The molecule has 1 fully saturated rings. The number of carbonyl (C=O) groups is 1. The zero-order chi connectivity index (χ0) is 13.1. The quantitative estimate of drug-likeness (QED) is 0.388. The number of hydrogen-bond acceptors (Lipinski definition) is 2. The highest BCUT2D eigenvalue weighted by molar-refractivity contribution is 5.83. The van der Waals surface area contributed by atoms with Crippen molar-refractivity contribution >= 4 is 5.97 Å². The van der Waals surface area contributed by atoms with Crippen LogP contribution in [-0.4, -0.2) is 11.6 Å². The predicted molar refractivity (Wildman–Crippen MR) is 70.8 cm³/mol. The molecule has 0 saturated heterocycles. The van der Waals surface area contributed by atoms with Crippen LogP contribution in [-0.2, 0) is 9.53 Å². The van der Waals surface area contributed by atoms with Crippen molar-refractivity contribution < 1.29 is 9.53 Å². The Kier molecular flexibility index (Phi) is 4.40. The van der Waals surface area contributed by atoms with Crippen LogP contribution in [0.15, 0.2) is 11.6 Å². The van der Waals surface area contributed by atoms with Gasteiger partial charge in [-0.15, -0.1) is 0 Å². The highest BCUT2D eigenvalue weighted by Crippen LogP contribution is 2.35. The third-order valence-corrected chi connectivity index (χ3v) is 3.20. The number of allylic oxidation sites excluding steroid dienone is 1. The van der Waals surface area contributed by atoms with Gasteiger partial charge in [-0.2, -0.15) is 0 Å². The van der Waals surface area contributed by atoms with E-state index in [1.807, 2.05) is 20.8 Å². The number of rotatable bonds is 1. The first kappa shape index (κ1) is 14.3. The van der Waals surface area contributed by atoms with Crippen molar-refractivity contribution in [3.05, 3.63) is 11.6 Å². The summed E-state index contributed by atoms with van der Waals surface area (Å²) >= 11 is 0. The van der Waals surface area contributed by atoms with Gasteiger partial charge in [0.05, 0.1) is 0 Å². The molecule has 1 aliphatic rings. The Hall–Kier alpha value is -0.790. The topological polar surface area (TPSA) is 26.3 Å². The van der Waals surface area contributed by atoms with Crippen LogP contribution >= 0.6 is 0 Å². The Morgan fingerprint density at radius 1 is 1.24 bits per heavy atom. The smallest absolute Gasteiger partial charge is 0.331 e. The summed E-state index contributed by atoms with van der Waals surface area (Å²) in [6.45, 7) is 10.3. The molecule has 1 saturated carbocycles. The van der Waals surface area contributed by atoms with E-state index in [9.17, 15) is 4.79 Å². The van der Waals surface area contributed by atoms with Gasteiger partial charge in [0.25, 0.3) is 0 Å². The number of esters is 1. The summed E-state index contributed by atoms with van der Waals surface area (Å²) in [5.74, 6) is -0.188. The van der Waals surface area contributed by atoms with Gasteiger partial charge in [0, 0.05) is 6.08 Å². The third-order valence-electron chi connectivity index (χ3n) is 3.20. The average Bonchev–Trinajstić information content (AvgIpc) is 2.24. The van der Waals surface area contributed by atoms with Crippen molar-refractivity contribution in [2.24, 2.45) is 5.41 Å². The van der Waals surface area contributed by atoms with Gasteiger partial charge in [-0.1, -0.05) is 19.4 Å². The fourth-order valence-corrected chi connectivity index (χ4v) is 2.19. The van der Waals surface area contributed by atoms with Crippen LogP contribution in [0.3, 0.4) is 0 Å². The van der Waals surface area contributed by atoms with Crippen molar-refractivity contribution in [1.82, 2.24) is 0 Å². The summed E-state index contributed by atoms with van der Waals surface area (Å²) in [6.07, 6.45) is 7.39. The molecule has 0 spiro atoms. The van der Waals surface area contributed by atoms with E-state index in [-0.39, 0.29) is 5.97 Å². The van der Waals surface area contributed by atoms with E-state index >= 15 is 0 Å². The second kappa shape index (κ2) is 5.24. The van der Waals surface area contributed by atoms with Gasteiger partial charge >= 0.3 is 5.97 Å². The molecule has 0 aromatic carbocycles. The van der Waals surface area contributed by atoms with E-state index in [0.29, 0.717) is 5.41 Å². The van der Waals surface area contributed by atoms with Gasteiger partial charge in [-0.3, -0.25) is 0 Å². The minimum atomic E-state index is -0.391. The maximum Gasteiger partial charge on any atom is 0.331 e. The van der Waals surface area contributed by atoms with Crippen LogP contribution in [0.25, 0.3) is 0 Å². The number of hydrogen-bond donors (Lipinski definition) is 0. The first-order valence-corrected chi connectivity index (χ1v) is 6.60. The third kappa shape index (κ3) is 5.90. The molecule has 2 nitrogen and oxygen atoms in total. The number of ether oxygens (including phenoxy) is 1. The van der Waals surface area contributed by atoms with E-state index in [4.69, 9.17) is 4.74 Å². The molecule has 98 valence electrons. The van der Waals surface area contributed by atoms with E-state index in [2.05, 4.69) is 13.8 Å². The Morgan fingerprint density at radius 2 is 1.88 bits per heavy atom. The minimum Gasteiger partial charge on any atom is -0.457 e. The normalized spacial score (nSPS) is 23.2. The Labute approximate surface area is 105 Å². The lowest BCUT2D eigenvalue weighted by Gasteiger charge is -2.21. The van der Waals surface area contributed by atoms with Gasteiger partial charge in [0.15, 0.2) is 0 Å². The highest BCUT2D eigenvalue weighted by Gasteiger charge is 2.22. The summed E-state index contributed by atoms with van der Waals surface area (Å²) in [6, 6.07) is 0. The van der Waals surface area contributed by atoms with Crippen molar-refractivity contribution in [2.45, 2.75) is 72.3 Å². The Balaban J connectivity index is 2.58. The van der Waals surface area contributed by atoms with Crippen LogP contribution in [0.5, 0.6) is 0 Å². The van der Waals surface area contributed by atoms with Gasteiger partial charge < -0.3 is 4.74 Å². The molecule has 0 aromatic heterocycles.